The lowest BCUT2D eigenvalue weighted by atomic mass is 9.76. The van der Waals surface area contributed by atoms with Crippen molar-refractivity contribution in [3.05, 3.63) is 66.0 Å². The number of amides is 2. The molecular weight excluding hydrogens is 314 g/mol. The highest BCUT2D eigenvalue weighted by Gasteiger charge is 2.50. The molecule has 2 atom stereocenters. The van der Waals surface area contributed by atoms with E-state index in [2.05, 4.69) is 22.4 Å². The minimum Gasteiger partial charge on any atom is -0.348 e. The highest BCUT2D eigenvalue weighted by Crippen LogP contribution is 2.41. The molecule has 0 saturated carbocycles. The number of benzene rings is 1. The zero-order valence-corrected chi connectivity index (χ0v) is 14.0. The molecule has 25 heavy (non-hydrogen) atoms. The van der Waals surface area contributed by atoms with Gasteiger partial charge in [-0.1, -0.05) is 36.4 Å². The molecule has 2 aliphatic rings. The number of rotatable bonds is 2. The molecular formula is C20H21N3O2. The van der Waals surface area contributed by atoms with E-state index in [-0.39, 0.29) is 23.3 Å². The van der Waals surface area contributed by atoms with E-state index in [9.17, 15) is 9.59 Å². The first kappa shape index (κ1) is 15.8. The van der Waals surface area contributed by atoms with E-state index in [0.29, 0.717) is 25.2 Å². The van der Waals surface area contributed by atoms with Crippen molar-refractivity contribution in [2.45, 2.75) is 30.7 Å². The minimum atomic E-state index is -0.374. The van der Waals surface area contributed by atoms with Gasteiger partial charge in [0.2, 0.25) is 5.91 Å². The second-order valence-electron chi connectivity index (χ2n) is 6.92. The van der Waals surface area contributed by atoms with Crippen molar-refractivity contribution in [2.24, 2.45) is 0 Å². The van der Waals surface area contributed by atoms with Crippen molar-refractivity contribution < 1.29 is 9.59 Å². The van der Waals surface area contributed by atoms with Crippen LogP contribution in [0.3, 0.4) is 0 Å². The fourth-order valence-corrected chi connectivity index (χ4v) is 4.17. The van der Waals surface area contributed by atoms with Gasteiger partial charge < -0.3 is 10.2 Å². The Balaban J connectivity index is 1.67. The largest absolute Gasteiger partial charge is 0.348 e. The third-order valence-corrected chi connectivity index (χ3v) is 5.33. The number of hydrogen-bond acceptors (Lipinski definition) is 3. The smallest absolute Gasteiger partial charge is 0.272 e. The van der Waals surface area contributed by atoms with E-state index in [1.54, 1.807) is 18.3 Å². The molecule has 0 bridgehead atoms. The maximum atomic E-state index is 12.9. The minimum absolute atomic E-state index is 0.0711. The molecule has 2 saturated heterocycles. The molecule has 1 aromatic heterocycles. The van der Waals surface area contributed by atoms with Crippen molar-refractivity contribution in [1.29, 1.82) is 0 Å². The standard InChI is InChI=1S/C20H21N3O2/c24-18-10-6-11-20(22-18)14-23(19(25)17-9-4-5-12-21-17)13-16(20)15-7-2-1-3-8-15/h1-5,7-9,12,16H,6,10-11,13-14H2,(H,22,24)/t16-,20+/m0/s1. The van der Waals surface area contributed by atoms with Gasteiger partial charge in [-0.25, -0.2) is 0 Å². The maximum absolute atomic E-state index is 12.9. The fourth-order valence-electron chi connectivity index (χ4n) is 4.17. The van der Waals surface area contributed by atoms with Gasteiger partial charge in [0.25, 0.3) is 5.91 Å². The number of carbonyl (C=O) groups is 2. The first-order valence-corrected chi connectivity index (χ1v) is 8.74. The summed E-state index contributed by atoms with van der Waals surface area (Å²) >= 11 is 0. The summed E-state index contributed by atoms with van der Waals surface area (Å²) in [6, 6.07) is 15.5. The monoisotopic (exact) mass is 335 g/mol. The van der Waals surface area contributed by atoms with Crippen molar-refractivity contribution in [2.75, 3.05) is 13.1 Å². The summed E-state index contributed by atoms with van der Waals surface area (Å²) in [6.07, 6.45) is 3.96. The number of piperidine rings is 1. The van der Waals surface area contributed by atoms with Crippen LogP contribution in [0.4, 0.5) is 0 Å². The van der Waals surface area contributed by atoms with Gasteiger partial charge in [0, 0.05) is 31.6 Å². The molecule has 0 aliphatic carbocycles. The normalized spacial score (nSPS) is 25.8. The zero-order chi connectivity index (χ0) is 17.3. The Hall–Kier alpha value is -2.69. The number of likely N-dealkylation sites (tertiary alicyclic amines) is 1. The van der Waals surface area contributed by atoms with E-state index in [0.717, 1.165) is 12.8 Å². The lowest BCUT2D eigenvalue weighted by Crippen LogP contribution is -2.56. The second-order valence-corrected chi connectivity index (χ2v) is 6.92. The molecule has 2 aliphatic heterocycles. The van der Waals surface area contributed by atoms with Crippen LogP contribution in [0, 0.1) is 0 Å². The predicted octanol–water partition coefficient (Wildman–Crippen LogP) is 2.36. The molecule has 0 unspecified atom stereocenters. The van der Waals surface area contributed by atoms with Crippen LogP contribution in [0.5, 0.6) is 0 Å². The summed E-state index contributed by atoms with van der Waals surface area (Å²) in [4.78, 5) is 31.0. The van der Waals surface area contributed by atoms with Crippen LogP contribution in [0.2, 0.25) is 0 Å². The van der Waals surface area contributed by atoms with Crippen LogP contribution in [-0.4, -0.2) is 40.3 Å². The average Bonchev–Trinajstić information content (AvgIpc) is 3.01. The Kier molecular flexibility index (Phi) is 3.99. The maximum Gasteiger partial charge on any atom is 0.272 e. The molecule has 1 aromatic carbocycles. The summed E-state index contributed by atoms with van der Waals surface area (Å²) in [5, 5.41) is 3.22. The highest BCUT2D eigenvalue weighted by molar-refractivity contribution is 5.93. The Morgan fingerprint density at radius 3 is 2.68 bits per heavy atom. The molecule has 4 rings (SSSR count). The van der Waals surface area contributed by atoms with Crippen molar-refractivity contribution in [3.63, 3.8) is 0 Å². The fraction of sp³-hybridized carbons (Fsp3) is 0.350. The van der Waals surface area contributed by atoms with Crippen LogP contribution in [0.1, 0.15) is 41.2 Å². The van der Waals surface area contributed by atoms with Gasteiger partial charge in [0.1, 0.15) is 5.69 Å². The molecule has 1 N–H and O–H groups in total. The van der Waals surface area contributed by atoms with Crippen LogP contribution >= 0.6 is 0 Å². The summed E-state index contributed by atoms with van der Waals surface area (Å²) < 4.78 is 0. The zero-order valence-electron chi connectivity index (χ0n) is 14.0. The van der Waals surface area contributed by atoms with E-state index >= 15 is 0 Å². The van der Waals surface area contributed by atoms with Crippen molar-refractivity contribution in [3.8, 4) is 0 Å². The second kappa shape index (κ2) is 6.31. The van der Waals surface area contributed by atoms with Gasteiger partial charge in [-0.3, -0.25) is 14.6 Å². The summed E-state index contributed by atoms with van der Waals surface area (Å²) in [6.45, 7) is 1.13. The number of aromatic nitrogens is 1. The molecule has 5 heteroatoms. The summed E-state index contributed by atoms with van der Waals surface area (Å²) in [5.74, 6) is 0.114. The van der Waals surface area contributed by atoms with Crippen LogP contribution in [0.25, 0.3) is 0 Å². The average molecular weight is 335 g/mol. The Bertz CT molecular complexity index is 778. The van der Waals surface area contributed by atoms with E-state index in [1.165, 1.54) is 5.56 Å². The Labute approximate surface area is 147 Å². The molecule has 1 spiro atoms. The van der Waals surface area contributed by atoms with Gasteiger partial charge in [-0.15, -0.1) is 0 Å². The van der Waals surface area contributed by atoms with Gasteiger partial charge in [0.15, 0.2) is 0 Å². The molecule has 2 fully saturated rings. The molecule has 2 amide bonds. The van der Waals surface area contributed by atoms with Gasteiger partial charge >= 0.3 is 0 Å². The third kappa shape index (κ3) is 2.90. The highest BCUT2D eigenvalue weighted by atomic mass is 16.2. The van der Waals surface area contributed by atoms with Crippen molar-refractivity contribution >= 4 is 11.8 Å². The number of nitrogens with one attached hydrogen (secondary N) is 1. The van der Waals surface area contributed by atoms with Crippen LogP contribution in [0.15, 0.2) is 54.7 Å². The topological polar surface area (TPSA) is 62.3 Å². The predicted molar refractivity (Wildman–Crippen MR) is 94.0 cm³/mol. The van der Waals surface area contributed by atoms with E-state index in [4.69, 9.17) is 0 Å². The van der Waals surface area contributed by atoms with Crippen molar-refractivity contribution in [1.82, 2.24) is 15.2 Å². The van der Waals surface area contributed by atoms with Crippen LogP contribution < -0.4 is 5.32 Å². The lowest BCUT2D eigenvalue weighted by molar-refractivity contribution is -0.125. The molecule has 0 radical (unpaired) electrons. The van der Waals surface area contributed by atoms with Gasteiger partial charge in [0.05, 0.1) is 5.54 Å². The molecule has 128 valence electrons. The number of pyridine rings is 1. The van der Waals surface area contributed by atoms with Gasteiger partial charge in [-0.05, 0) is 30.5 Å². The SMILES string of the molecule is O=C1CCC[C@]2(CN(C(=O)c3ccccn3)C[C@H]2c2ccccc2)N1. The number of hydrogen-bond donors (Lipinski definition) is 1. The summed E-state index contributed by atoms with van der Waals surface area (Å²) in [5.41, 5.74) is 1.25. The van der Waals surface area contributed by atoms with Crippen LogP contribution in [-0.2, 0) is 4.79 Å². The van der Waals surface area contributed by atoms with E-state index in [1.807, 2.05) is 29.2 Å². The van der Waals surface area contributed by atoms with E-state index < -0.39 is 0 Å². The summed E-state index contributed by atoms with van der Waals surface area (Å²) in [7, 11) is 0. The first-order chi connectivity index (χ1) is 12.2. The van der Waals surface area contributed by atoms with Gasteiger partial charge in [-0.2, -0.15) is 0 Å². The number of carbonyl (C=O) groups excluding carboxylic acids is 2. The molecule has 3 heterocycles. The molecule has 5 nitrogen and oxygen atoms in total. The molecule has 2 aromatic rings. The quantitative estimate of drug-likeness (QED) is 0.916. The lowest BCUT2D eigenvalue weighted by Gasteiger charge is -2.39. The Morgan fingerprint density at radius 1 is 1.16 bits per heavy atom. The number of nitrogens with zero attached hydrogens (tertiary/aromatic N) is 2. The Morgan fingerprint density at radius 2 is 1.96 bits per heavy atom. The third-order valence-electron chi connectivity index (χ3n) is 5.33. The first-order valence-electron chi connectivity index (χ1n) is 8.74.